The summed E-state index contributed by atoms with van der Waals surface area (Å²) >= 11 is 3.44. The van der Waals surface area contributed by atoms with Crippen molar-refractivity contribution in [1.29, 1.82) is 0 Å². The lowest BCUT2D eigenvalue weighted by atomic mass is 9.98. The van der Waals surface area contributed by atoms with Gasteiger partial charge in [-0.1, -0.05) is 34.1 Å². The minimum atomic E-state index is 0.186. The quantitative estimate of drug-likeness (QED) is 0.779. The van der Waals surface area contributed by atoms with Gasteiger partial charge in [0.2, 0.25) is 0 Å². The summed E-state index contributed by atoms with van der Waals surface area (Å²) in [4.78, 5) is 14.5. The van der Waals surface area contributed by atoms with Gasteiger partial charge in [0, 0.05) is 23.7 Å². The number of hydrogen-bond donors (Lipinski definition) is 0. The number of ketones is 1. The molecule has 1 aliphatic rings. The fraction of sp³-hybridized carbons (Fsp3) is 0.533. The van der Waals surface area contributed by atoms with E-state index in [1.54, 1.807) is 7.11 Å². The van der Waals surface area contributed by atoms with E-state index in [1.807, 2.05) is 24.3 Å². The fourth-order valence-corrected chi connectivity index (χ4v) is 3.15. The third kappa shape index (κ3) is 4.13. The zero-order valence-electron chi connectivity index (χ0n) is 11.3. The van der Waals surface area contributed by atoms with Crippen molar-refractivity contribution in [3.05, 3.63) is 34.3 Å². The Balaban J connectivity index is 1.93. The molecule has 1 fully saturated rings. The first-order valence-corrected chi connectivity index (χ1v) is 7.49. The maximum absolute atomic E-state index is 12.3. The number of likely N-dealkylation sites (tertiary alicyclic amines) is 1. The Kier molecular flexibility index (Phi) is 5.55. The van der Waals surface area contributed by atoms with Crippen LogP contribution < -0.4 is 0 Å². The molecule has 0 bridgehead atoms. The van der Waals surface area contributed by atoms with Gasteiger partial charge in [0.25, 0.3) is 0 Å². The van der Waals surface area contributed by atoms with Crippen LogP contribution in [-0.2, 0) is 4.74 Å². The highest BCUT2D eigenvalue weighted by molar-refractivity contribution is 9.10. The second-order valence-corrected chi connectivity index (χ2v) is 5.96. The van der Waals surface area contributed by atoms with Gasteiger partial charge < -0.3 is 4.74 Å². The first-order valence-electron chi connectivity index (χ1n) is 6.69. The number of carbonyl (C=O) groups excluding carboxylic acids is 1. The number of ether oxygens (including phenoxy) is 1. The van der Waals surface area contributed by atoms with Crippen molar-refractivity contribution >= 4 is 21.7 Å². The summed E-state index contributed by atoms with van der Waals surface area (Å²) in [7, 11) is 1.74. The Morgan fingerprint density at radius 1 is 1.47 bits per heavy atom. The highest BCUT2D eigenvalue weighted by Gasteiger charge is 2.22. The Morgan fingerprint density at radius 2 is 2.26 bits per heavy atom. The SMILES string of the molecule is COCC1CCCN(CC(=O)c2ccccc2Br)C1. The predicted octanol–water partition coefficient (Wildman–Crippen LogP) is 2.99. The molecule has 0 radical (unpaired) electrons. The number of rotatable bonds is 5. The van der Waals surface area contributed by atoms with Gasteiger partial charge >= 0.3 is 0 Å². The van der Waals surface area contributed by atoms with Gasteiger partial charge in [-0.25, -0.2) is 0 Å². The van der Waals surface area contributed by atoms with Crippen LogP contribution in [0.25, 0.3) is 0 Å². The average Bonchev–Trinajstić information content (AvgIpc) is 2.40. The summed E-state index contributed by atoms with van der Waals surface area (Å²) in [6.45, 7) is 3.27. The van der Waals surface area contributed by atoms with E-state index in [0.29, 0.717) is 12.5 Å². The highest BCUT2D eigenvalue weighted by atomic mass is 79.9. The fourth-order valence-electron chi connectivity index (χ4n) is 2.64. The molecule has 0 amide bonds. The zero-order valence-corrected chi connectivity index (χ0v) is 12.9. The van der Waals surface area contributed by atoms with Crippen LogP contribution in [0.2, 0.25) is 0 Å². The van der Waals surface area contributed by atoms with Crippen molar-refractivity contribution in [2.75, 3.05) is 33.4 Å². The molecule has 1 unspecified atom stereocenters. The first-order chi connectivity index (χ1) is 9.20. The lowest BCUT2D eigenvalue weighted by molar-refractivity contribution is 0.0757. The Hall–Kier alpha value is -0.710. The van der Waals surface area contributed by atoms with Crippen LogP contribution in [0.4, 0.5) is 0 Å². The molecule has 1 aliphatic heterocycles. The number of nitrogens with zero attached hydrogens (tertiary/aromatic N) is 1. The molecule has 0 N–H and O–H groups in total. The van der Waals surface area contributed by atoms with Crippen molar-refractivity contribution in [3.8, 4) is 0 Å². The molecular weight excluding hydrogens is 306 g/mol. The molecule has 1 atom stereocenters. The summed E-state index contributed by atoms with van der Waals surface area (Å²) in [6.07, 6.45) is 2.35. The van der Waals surface area contributed by atoms with Crippen molar-refractivity contribution in [1.82, 2.24) is 4.90 Å². The van der Waals surface area contributed by atoms with Crippen LogP contribution in [-0.4, -0.2) is 44.0 Å². The number of carbonyl (C=O) groups is 1. The summed E-state index contributed by atoms with van der Waals surface area (Å²) in [5, 5.41) is 0. The van der Waals surface area contributed by atoms with E-state index in [-0.39, 0.29) is 5.78 Å². The third-order valence-corrected chi connectivity index (χ3v) is 4.24. The van der Waals surface area contributed by atoms with Crippen LogP contribution in [0, 0.1) is 5.92 Å². The maximum Gasteiger partial charge on any atom is 0.177 e. The van der Waals surface area contributed by atoms with E-state index in [0.717, 1.165) is 36.2 Å². The minimum absolute atomic E-state index is 0.186. The molecule has 104 valence electrons. The smallest absolute Gasteiger partial charge is 0.177 e. The van der Waals surface area contributed by atoms with Crippen molar-refractivity contribution in [2.45, 2.75) is 12.8 Å². The third-order valence-electron chi connectivity index (χ3n) is 3.55. The van der Waals surface area contributed by atoms with E-state index in [4.69, 9.17) is 4.74 Å². The summed E-state index contributed by atoms with van der Waals surface area (Å²) in [5.74, 6) is 0.747. The van der Waals surface area contributed by atoms with E-state index in [1.165, 1.54) is 6.42 Å². The van der Waals surface area contributed by atoms with E-state index < -0.39 is 0 Å². The van der Waals surface area contributed by atoms with Gasteiger partial charge in [0.1, 0.15) is 0 Å². The van der Waals surface area contributed by atoms with Crippen LogP contribution in [0.5, 0.6) is 0 Å². The molecule has 1 aromatic carbocycles. The molecule has 1 saturated heterocycles. The monoisotopic (exact) mass is 325 g/mol. The number of Topliss-reactive ketones (excluding diaryl/α,β-unsaturated/α-hetero) is 1. The summed E-state index contributed by atoms with van der Waals surface area (Å²) < 4.78 is 6.10. The van der Waals surface area contributed by atoms with Gasteiger partial charge in [-0.2, -0.15) is 0 Å². The van der Waals surface area contributed by atoms with Crippen LogP contribution in [0.3, 0.4) is 0 Å². The van der Waals surface area contributed by atoms with Gasteiger partial charge in [-0.05, 0) is 31.4 Å². The number of hydrogen-bond acceptors (Lipinski definition) is 3. The topological polar surface area (TPSA) is 29.5 Å². The Bertz CT molecular complexity index is 434. The molecule has 0 aromatic heterocycles. The summed E-state index contributed by atoms with van der Waals surface area (Å²) in [5.41, 5.74) is 0.774. The molecule has 1 aromatic rings. The number of piperidine rings is 1. The Morgan fingerprint density at radius 3 is 3.00 bits per heavy atom. The molecular formula is C15H20BrNO2. The molecule has 0 aliphatic carbocycles. The number of methoxy groups -OCH3 is 1. The summed E-state index contributed by atoms with van der Waals surface area (Å²) in [6, 6.07) is 7.62. The van der Waals surface area contributed by atoms with E-state index in [9.17, 15) is 4.79 Å². The molecule has 0 spiro atoms. The first kappa shape index (κ1) is 14.7. The van der Waals surface area contributed by atoms with Gasteiger partial charge in [-0.3, -0.25) is 9.69 Å². The van der Waals surface area contributed by atoms with Crippen molar-refractivity contribution in [2.24, 2.45) is 5.92 Å². The van der Waals surface area contributed by atoms with Crippen LogP contribution in [0.1, 0.15) is 23.2 Å². The molecule has 3 nitrogen and oxygen atoms in total. The molecule has 2 rings (SSSR count). The van der Waals surface area contributed by atoms with Crippen LogP contribution in [0.15, 0.2) is 28.7 Å². The Labute approximate surface area is 123 Å². The number of benzene rings is 1. The maximum atomic E-state index is 12.3. The lowest BCUT2D eigenvalue weighted by Crippen LogP contribution is -2.40. The second-order valence-electron chi connectivity index (χ2n) is 5.10. The standard InChI is InChI=1S/C15H20BrNO2/c1-19-11-12-5-4-8-17(9-12)10-15(18)13-6-2-3-7-14(13)16/h2-3,6-7,12H,4-5,8-11H2,1H3. The van der Waals surface area contributed by atoms with E-state index in [2.05, 4.69) is 20.8 Å². The highest BCUT2D eigenvalue weighted by Crippen LogP contribution is 2.20. The minimum Gasteiger partial charge on any atom is -0.384 e. The van der Waals surface area contributed by atoms with E-state index >= 15 is 0 Å². The van der Waals surface area contributed by atoms with Crippen LogP contribution >= 0.6 is 15.9 Å². The average molecular weight is 326 g/mol. The second kappa shape index (κ2) is 7.17. The van der Waals surface area contributed by atoms with Gasteiger partial charge in [-0.15, -0.1) is 0 Å². The predicted molar refractivity (Wildman–Crippen MR) is 79.5 cm³/mol. The molecule has 1 heterocycles. The zero-order chi connectivity index (χ0) is 13.7. The largest absolute Gasteiger partial charge is 0.384 e. The van der Waals surface area contributed by atoms with Gasteiger partial charge in [0.05, 0.1) is 13.2 Å². The lowest BCUT2D eigenvalue weighted by Gasteiger charge is -2.31. The molecule has 4 heteroatoms. The molecule has 19 heavy (non-hydrogen) atoms. The van der Waals surface area contributed by atoms with Gasteiger partial charge in [0.15, 0.2) is 5.78 Å². The number of halogens is 1. The normalized spacial score (nSPS) is 20.4. The van der Waals surface area contributed by atoms with Crippen molar-refractivity contribution < 1.29 is 9.53 Å². The van der Waals surface area contributed by atoms with Crippen molar-refractivity contribution in [3.63, 3.8) is 0 Å². The molecule has 0 saturated carbocycles.